The first-order valence-electron chi connectivity index (χ1n) is 7.11. The van der Waals surface area contributed by atoms with E-state index in [-0.39, 0.29) is 37.2 Å². The highest BCUT2D eigenvalue weighted by Crippen LogP contribution is 2.15. The molecule has 22 heavy (non-hydrogen) atoms. The second-order valence-corrected chi connectivity index (χ2v) is 7.16. The van der Waals surface area contributed by atoms with Crippen LogP contribution in [0, 0.1) is 11.6 Å². The number of ether oxygens (including phenoxy) is 1. The third-order valence-electron chi connectivity index (χ3n) is 3.55. The minimum absolute atomic E-state index is 0.0450. The molecule has 1 aromatic rings. The Kier molecular flexibility index (Phi) is 5.49. The van der Waals surface area contributed by atoms with Crippen molar-refractivity contribution < 1.29 is 21.9 Å². The quantitative estimate of drug-likeness (QED) is 0.887. The molecule has 5 nitrogen and oxygen atoms in total. The summed E-state index contributed by atoms with van der Waals surface area (Å²) in [5.41, 5.74) is 0.271. The van der Waals surface area contributed by atoms with Gasteiger partial charge in [-0.25, -0.2) is 13.5 Å². The van der Waals surface area contributed by atoms with E-state index < -0.39 is 21.8 Å². The molecule has 1 aliphatic rings. The summed E-state index contributed by atoms with van der Waals surface area (Å²) in [7, 11) is -3.65. The molecule has 2 atom stereocenters. The van der Waals surface area contributed by atoms with Gasteiger partial charge in [-0.1, -0.05) is 6.07 Å². The molecule has 1 saturated heterocycles. The van der Waals surface area contributed by atoms with Crippen molar-refractivity contribution in [1.82, 2.24) is 9.03 Å². The molecule has 0 saturated carbocycles. The maximum absolute atomic E-state index is 13.5. The van der Waals surface area contributed by atoms with Crippen LogP contribution >= 0.6 is 0 Å². The van der Waals surface area contributed by atoms with E-state index in [1.54, 1.807) is 6.92 Å². The molecule has 1 N–H and O–H groups in total. The number of hydrogen-bond acceptors (Lipinski definition) is 3. The van der Waals surface area contributed by atoms with E-state index in [1.165, 1.54) is 10.4 Å². The minimum atomic E-state index is -3.65. The number of benzene rings is 1. The zero-order valence-corrected chi connectivity index (χ0v) is 13.4. The number of halogens is 2. The van der Waals surface area contributed by atoms with Crippen LogP contribution in [0.5, 0.6) is 0 Å². The molecule has 1 aromatic carbocycles. The van der Waals surface area contributed by atoms with E-state index in [2.05, 4.69) is 4.72 Å². The molecule has 2 rings (SSSR count). The van der Waals surface area contributed by atoms with Crippen molar-refractivity contribution in [2.75, 3.05) is 19.7 Å². The Morgan fingerprint density at radius 3 is 2.77 bits per heavy atom. The van der Waals surface area contributed by atoms with Crippen LogP contribution in [0.15, 0.2) is 18.2 Å². The molecule has 8 heteroatoms. The van der Waals surface area contributed by atoms with Crippen LogP contribution in [0.4, 0.5) is 8.78 Å². The Bertz CT molecular complexity index is 625. The van der Waals surface area contributed by atoms with Gasteiger partial charge in [-0.05, 0) is 31.9 Å². The van der Waals surface area contributed by atoms with Crippen LogP contribution in [-0.2, 0) is 21.4 Å². The highest BCUT2D eigenvalue weighted by atomic mass is 32.2. The second-order valence-electron chi connectivity index (χ2n) is 5.45. The van der Waals surface area contributed by atoms with Gasteiger partial charge in [0, 0.05) is 25.2 Å². The lowest BCUT2D eigenvalue weighted by Crippen LogP contribution is -2.54. The van der Waals surface area contributed by atoms with Gasteiger partial charge in [0.2, 0.25) is 0 Å². The summed E-state index contributed by atoms with van der Waals surface area (Å²) in [6, 6.07) is 3.00. The van der Waals surface area contributed by atoms with Gasteiger partial charge < -0.3 is 4.74 Å². The van der Waals surface area contributed by atoms with Crippen molar-refractivity contribution in [3.63, 3.8) is 0 Å². The minimum Gasteiger partial charge on any atom is -0.375 e. The summed E-state index contributed by atoms with van der Waals surface area (Å²) in [5, 5.41) is 0. The zero-order chi connectivity index (χ0) is 16.3. The highest BCUT2D eigenvalue weighted by molar-refractivity contribution is 7.87. The third-order valence-corrected chi connectivity index (χ3v) is 5.25. The zero-order valence-electron chi connectivity index (χ0n) is 12.6. The summed E-state index contributed by atoms with van der Waals surface area (Å²) < 4.78 is 60.1. The van der Waals surface area contributed by atoms with E-state index >= 15 is 0 Å². The maximum atomic E-state index is 13.5. The predicted molar refractivity (Wildman–Crippen MR) is 78.6 cm³/mol. The fraction of sp³-hybridized carbons (Fsp3) is 0.571. The predicted octanol–water partition coefficient (Wildman–Crippen LogP) is 1.45. The first kappa shape index (κ1) is 17.3. The lowest BCUT2D eigenvalue weighted by atomic mass is 10.1. The largest absolute Gasteiger partial charge is 0.375 e. The van der Waals surface area contributed by atoms with Gasteiger partial charge in [0.05, 0.1) is 12.7 Å². The summed E-state index contributed by atoms with van der Waals surface area (Å²) in [4.78, 5) is 0. The van der Waals surface area contributed by atoms with Gasteiger partial charge >= 0.3 is 0 Å². The standard InChI is InChI=1S/C14H20F2N2O3S/c1-10-9-21-11(2)8-18(10)22(19,20)17-6-5-12-3-4-13(15)7-14(12)16/h3-4,7,10-11,17H,5-6,8-9H2,1-2H3/t10-,11+/m0/s1. The molecule has 1 fully saturated rings. The topological polar surface area (TPSA) is 58.6 Å². The van der Waals surface area contributed by atoms with E-state index in [0.717, 1.165) is 12.1 Å². The molecule has 0 aliphatic carbocycles. The fourth-order valence-electron chi connectivity index (χ4n) is 2.33. The maximum Gasteiger partial charge on any atom is 0.279 e. The molecule has 0 bridgehead atoms. The van der Waals surface area contributed by atoms with Gasteiger partial charge in [-0.3, -0.25) is 0 Å². The van der Waals surface area contributed by atoms with Crippen LogP contribution in [0.1, 0.15) is 19.4 Å². The molecule has 0 radical (unpaired) electrons. The number of nitrogens with zero attached hydrogens (tertiary/aromatic N) is 1. The number of nitrogens with one attached hydrogen (secondary N) is 1. The van der Waals surface area contributed by atoms with Gasteiger partial charge in [-0.15, -0.1) is 0 Å². The Balaban J connectivity index is 1.95. The van der Waals surface area contributed by atoms with Gasteiger partial charge in [-0.2, -0.15) is 12.7 Å². The Morgan fingerprint density at radius 2 is 2.09 bits per heavy atom. The number of morpholine rings is 1. The summed E-state index contributed by atoms with van der Waals surface area (Å²) in [6.07, 6.45) is -0.0121. The number of rotatable bonds is 5. The van der Waals surface area contributed by atoms with Crippen molar-refractivity contribution in [1.29, 1.82) is 0 Å². The van der Waals surface area contributed by atoms with E-state index in [4.69, 9.17) is 4.74 Å². The van der Waals surface area contributed by atoms with Crippen molar-refractivity contribution in [2.45, 2.75) is 32.4 Å². The SMILES string of the molecule is C[C@@H]1CN(S(=O)(=O)NCCc2ccc(F)cc2F)[C@@H](C)CO1. The summed E-state index contributed by atoms with van der Waals surface area (Å²) >= 11 is 0. The molecular weight excluding hydrogens is 314 g/mol. The third kappa shape index (κ3) is 4.22. The first-order chi connectivity index (χ1) is 10.3. The lowest BCUT2D eigenvalue weighted by molar-refractivity contribution is -0.0174. The fourth-order valence-corrected chi connectivity index (χ4v) is 3.80. The smallest absolute Gasteiger partial charge is 0.279 e. The molecular formula is C14H20F2N2O3S. The van der Waals surface area contributed by atoms with Crippen molar-refractivity contribution in [2.24, 2.45) is 0 Å². The van der Waals surface area contributed by atoms with Crippen molar-refractivity contribution in [3.05, 3.63) is 35.4 Å². The van der Waals surface area contributed by atoms with Crippen LogP contribution in [0.2, 0.25) is 0 Å². The molecule has 0 unspecified atom stereocenters. The van der Waals surface area contributed by atoms with Crippen molar-refractivity contribution >= 4 is 10.2 Å². The van der Waals surface area contributed by atoms with Crippen LogP contribution in [0.25, 0.3) is 0 Å². The Labute approximate surface area is 129 Å². The first-order valence-corrected chi connectivity index (χ1v) is 8.55. The monoisotopic (exact) mass is 334 g/mol. The van der Waals surface area contributed by atoms with E-state index in [9.17, 15) is 17.2 Å². The average Bonchev–Trinajstić information content (AvgIpc) is 2.44. The summed E-state index contributed by atoms with van der Waals surface area (Å²) in [5.74, 6) is -1.33. The highest BCUT2D eigenvalue weighted by Gasteiger charge is 2.32. The van der Waals surface area contributed by atoms with Gasteiger partial charge in [0.1, 0.15) is 11.6 Å². The van der Waals surface area contributed by atoms with E-state index in [1.807, 2.05) is 6.92 Å². The Morgan fingerprint density at radius 1 is 1.36 bits per heavy atom. The van der Waals surface area contributed by atoms with Crippen molar-refractivity contribution in [3.8, 4) is 0 Å². The molecule has 1 aliphatic heterocycles. The van der Waals surface area contributed by atoms with E-state index in [0.29, 0.717) is 6.61 Å². The second kappa shape index (κ2) is 6.99. The molecule has 0 aromatic heterocycles. The van der Waals surface area contributed by atoms with Crippen LogP contribution in [-0.4, -0.2) is 44.6 Å². The Hall–Kier alpha value is -1.09. The lowest BCUT2D eigenvalue weighted by Gasteiger charge is -2.35. The van der Waals surface area contributed by atoms with Crippen LogP contribution < -0.4 is 4.72 Å². The average molecular weight is 334 g/mol. The molecule has 0 spiro atoms. The van der Waals surface area contributed by atoms with Crippen LogP contribution in [0.3, 0.4) is 0 Å². The van der Waals surface area contributed by atoms with Gasteiger partial charge in [0.15, 0.2) is 0 Å². The number of hydrogen-bond donors (Lipinski definition) is 1. The normalized spacial score (nSPS) is 23.6. The molecule has 0 amide bonds. The summed E-state index contributed by atoms with van der Waals surface area (Å²) in [6.45, 7) is 4.24. The molecule has 124 valence electrons. The molecule has 1 heterocycles. The van der Waals surface area contributed by atoms with Gasteiger partial charge in [0.25, 0.3) is 10.2 Å².